The maximum Gasteiger partial charge on any atom is 0.340 e. The quantitative estimate of drug-likeness (QED) is 0.692. The fraction of sp³-hybridized carbons (Fsp3) is 0.333. The van der Waals surface area contributed by atoms with E-state index in [-0.39, 0.29) is 18.0 Å². The molecule has 1 aliphatic heterocycles. The topological polar surface area (TPSA) is 110 Å². The van der Waals surface area contributed by atoms with Crippen LogP contribution in [0, 0.1) is 0 Å². The third-order valence-corrected chi connectivity index (χ3v) is 4.87. The molecule has 0 spiro atoms. The standard InChI is InChI=1S/C21H22N4O5/c1-22-20(27)17-11-25(15-4-2-3-5-16(15)30-17)19(26)12-29-21(28)13-6-9-18(23-10-13)24-14-7-8-14/h2-6,9-10,14,17H,7-8,11-12H2,1H3,(H,22,27)(H,23,24). The van der Waals surface area contributed by atoms with Crippen LogP contribution in [0.1, 0.15) is 23.2 Å². The molecule has 0 saturated heterocycles. The number of pyridine rings is 1. The van der Waals surface area contributed by atoms with Crippen LogP contribution in [-0.2, 0) is 14.3 Å². The van der Waals surface area contributed by atoms with Crippen LogP contribution in [0.25, 0.3) is 0 Å². The Morgan fingerprint density at radius 1 is 1.20 bits per heavy atom. The van der Waals surface area contributed by atoms with Crippen molar-refractivity contribution in [3.05, 3.63) is 48.2 Å². The summed E-state index contributed by atoms with van der Waals surface area (Å²) in [7, 11) is 1.50. The second-order valence-corrected chi connectivity index (χ2v) is 7.12. The molecule has 1 atom stereocenters. The van der Waals surface area contributed by atoms with Crippen LogP contribution in [0.2, 0.25) is 0 Å². The van der Waals surface area contributed by atoms with Gasteiger partial charge < -0.3 is 25.0 Å². The number of likely N-dealkylation sites (N-methyl/N-ethyl adjacent to an activating group) is 1. The summed E-state index contributed by atoms with van der Waals surface area (Å²) < 4.78 is 10.9. The number of ether oxygens (including phenoxy) is 2. The van der Waals surface area contributed by atoms with E-state index in [1.165, 1.54) is 18.1 Å². The van der Waals surface area contributed by atoms with Crippen LogP contribution < -0.4 is 20.3 Å². The Kier molecular flexibility index (Phi) is 5.51. The molecule has 1 saturated carbocycles. The molecular weight excluding hydrogens is 388 g/mol. The van der Waals surface area contributed by atoms with Gasteiger partial charge in [-0.25, -0.2) is 9.78 Å². The Morgan fingerprint density at radius 3 is 2.70 bits per heavy atom. The molecule has 9 heteroatoms. The van der Waals surface area contributed by atoms with Crippen molar-refractivity contribution in [3.8, 4) is 5.75 Å². The van der Waals surface area contributed by atoms with Gasteiger partial charge >= 0.3 is 5.97 Å². The van der Waals surface area contributed by atoms with E-state index >= 15 is 0 Å². The van der Waals surface area contributed by atoms with E-state index in [1.54, 1.807) is 36.4 Å². The number of fused-ring (bicyclic) bond motifs is 1. The molecule has 2 heterocycles. The summed E-state index contributed by atoms with van der Waals surface area (Å²) in [6.45, 7) is -0.439. The minimum Gasteiger partial charge on any atom is -0.477 e. The van der Waals surface area contributed by atoms with Gasteiger partial charge in [0.15, 0.2) is 12.7 Å². The number of para-hydroxylation sites is 2. The molecule has 2 aliphatic rings. The smallest absolute Gasteiger partial charge is 0.340 e. The largest absolute Gasteiger partial charge is 0.477 e. The molecule has 0 radical (unpaired) electrons. The molecular formula is C21H22N4O5. The lowest BCUT2D eigenvalue weighted by Gasteiger charge is -2.33. The molecule has 1 aliphatic carbocycles. The Morgan fingerprint density at radius 2 is 2.00 bits per heavy atom. The van der Waals surface area contributed by atoms with Crippen LogP contribution >= 0.6 is 0 Å². The second-order valence-electron chi connectivity index (χ2n) is 7.12. The lowest BCUT2D eigenvalue weighted by atomic mass is 10.1. The first kappa shape index (κ1) is 19.7. The van der Waals surface area contributed by atoms with Crippen molar-refractivity contribution in [1.82, 2.24) is 10.3 Å². The number of carbonyl (C=O) groups is 3. The van der Waals surface area contributed by atoms with Crippen LogP contribution in [0.5, 0.6) is 5.75 Å². The van der Waals surface area contributed by atoms with Crippen molar-refractivity contribution in [2.45, 2.75) is 25.0 Å². The average Bonchev–Trinajstić information content (AvgIpc) is 3.60. The number of nitrogens with one attached hydrogen (secondary N) is 2. The molecule has 2 N–H and O–H groups in total. The SMILES string of the molecule is CNC(=O)C1CN(C(=O)COC(=O)c2ccc(NC3CC3)nc2)c2ccccc2O1. The first-order chi connectivity index (χ1) is 14.5. The zero-order valence-electron chi connectivity index (χ0n) is 16.5. The first-order valence-corrected chi connectivity index (χ1v) is 9.72. The summed E-state index contributed by atoms with van der Waals surface area (Å²) in [4.78, 5) is 42.7. The van der Waals surface area contributed by atoms with E-state index in [0.717, 1.165) is 12.8 Å². The maximum absolute atomic E-state index is 12.8. The average molecular weight is 410 g/mol. The monoisotopic (exact) mass is 410 g/mol. The molecule has 1 unspecified atom stereocenters. The molecule has 156 valence electrons. The number of esters is 1. The van der Waals surface area contributed by atoms with Gasteiger partial charge in [0, 0.05) is 19.3 Å². The zero-order valence-corrected chi connectivity index (χ0v) is 16.5. The summed E-state index contributed by atoms with van der Waals surface area (Å²) in [5.41, 5.74) is 0.783. The predicted molar refractivity (Wildman–Crippen MR) is 108 cm³/mol. The molecule has 1 aromatic heterocycles. The number of aromatic nitrogens is 1. The third kappa shape index (κ3) is 4.35. The van der Waals surface area contributed by atoms with Crippen molar-refractivity contribution < 1.29 is 23.9 Å². The Bertz CT molecular complexity index is 958. The molecule has 2 aromatic rings. The number of hydrogen-bond acceptors (Lipinski definition) is 7. The highest BCUT2D eigenvalue weighted by molar-refractivity contribution is 5.99. The molecule has 30 heavy (non-hydrogen) atoms. The maximum atomic E-state index is 12.8. The highest BCUT2D eigenvalue weighted by Crippen LogP contribution is 2.33. The number of benzene rings is 1. The van der Waals surface area contributed by atoms with Gasteiger partial charge in [-0.15, -0.1) is 0 Å². The van der Waals surface area contributed by atoms with Crippen molar-refractivity contribution in [3.63, 3.8) is 0 Å². The number of hydrogen-bond donors (Lipinski definition) is 2. The van der Waals surface area contributed by atoms with Crippen molar-refractivity contribution in [2.75, 3.05) is 30.4 Å². The van der Waals surface area contributed by atoms with Gasteiger partial charge in [0.1, 0.15) is 11.6 Å². The number of rotatable bonds is 6. The van der Waals surface area contributed by atoms with E-state index in [4.69, 9.17) is 9.47 Å². The normalized spacial score (nSPS) is 17.4. The van der Waals surface area contributed by atoms with E-state index < -0.39 is 24.6 Å². The summed E-state index contributed by atoms with van der Waals surface area (Å²) in [5, 5.41) is 5.75. The first-order valence-electron chi connectivity index (χ1n) is 9.72. The van der Waals surface area contributed by atoms with Crippen LogP contribution in [0.3, 0.4) is 0 Å². The minimum absolute atomic E-state index is 0.0240. The minimum atomic E-state index is -0.847. The molecule has 0 bridgehead atoms. The molecule has 4 rings (SSSR count). The Hall–Kier alpha value is -3.62. The van der Waals surface area contributed by atoms with E-state index in [0.29, 0.717) is 23.3 Å². The Labute approximate surface area is 173 Å². The van der Waals surface area contributed by atoms with Crippen molar-refractivity contribution in [2.24, 2.45) is 0 Å². The fourth-order valence-corrected chi connectivity index (χ4v) is 3.09. The third-order valence-electron chi connectivity index (χ3n) is 4.87. The lowest BCUT2D eigenvalue weighted by Crippen LogP contribution is -2.51. The van der Waals surface area contributed by atoms with Gasteiger partial charge in [-0.2, -0.15) is 0 Å². The second kappa shape index (κ2) is 8.40. The Balaban J connectivity index is 1.40. The summed E-state index contributed by atoms with van der Waals surface area (Å²) in [5.74, 6) is -0.313. The van der Waals surface area contributed by atoms with Gasteiger partial charge in [0.05, 0.1) is 17.8 Å². The zero-order chi connectivity index (χ0) is 21.1. The molecule has 1 aromatic carbocycles. The lowest BCUT2D eigenvalue weighted by molar-refractivity contribution is -0.128. The van der Waals surface area contributed by atoms with Gasteiger partial charge in [-0.3, -0.25) is 9.59 Å². The van der Waals surface area contributed by atoms with Crippen LogP contribution in [-0.4, -0.2) is 55.1 Å². The fourth-order valence-electron chi connectivity index (χ4n) is 3.09. The summed E-state index contributed by atoms with van der Waals surface area (Å²) >= 11 is 0. The number of anilines is 2. The van der Waals surface area contributed by atoms with Gasteiger partial charge in [-0.1, -0.05) is 12.1 Å². The van der Waals surface area contributed by atoms with E-state index in [9.17, 15) is 14.4 Å². The highest BCUT2D eigenvalue weighted by Gasteiger charge is 2.33. The highest BCUT2D eigenvalue weighted by atomic mass is 16.5. The number of carbonyl (C=O) groups excluding carboxylic acids is 3. The molecule has 1 fully saturated rings. The number of amides is 2. The van der Waals surface area contributed by atoms with Gasteiger partial charge in [-0.05, 0) is 37.1 Å². The van der Waals surface area contributed by atoms with Crippen LogP contribution in [0.4, 0.5) is 11.5 Å². The van der Waals surface area contributed by atoms with Crippen LogP contribution in [0.15, 0.2) is 42.6 Å². The van der Waals surface area contributed by atoms with E-state index in [2.05, 4.69) is 15.6 Å². The summed E-state index contributed by atoms with van der Waals surface area (Å²) in [6.07, 6.45) is 2.82. The summed E-state index contributed by atoms with van der Waals surface area (Å²) in [6, 6.07) is 10.7. The van der Waals surface area contributed by atoms with Crippen molar-refractivity contribution >= 4 is 29.3 Å². The molecule has 2 amide bonds. The molecule has 9 nitrogen and oxygen atoms in total. The number of nitrogens with zero attached hydrogens (tertiary/aromatic N) is 2. The van der Waals surface area contributed by atoms with E-state index in [1.807, 2.05) is 0 Å². The van der Waals surface area contributed by atoms with Gasteiger partial charge in [0.2, 0.25) is 0 Å². The van der Waals surface area contributed by atoms with Gasteiger partial charge in [0.25, 0.3) is 11.8 Å². The van der Waals surface area contributed by atoms with Crippen molar-refractivity contribution in [1.29, 1.82) is 0 Å². The predicted octanol–water partition coefficient (Wildman–Crippen LogP) is 1.35.